The van der Waals surface area contributed by atoms with Gasteiger partial charge in [-0.1, -0.05) is 24.3 Å². The predicted octanol–water partition coefficient (Wildman–Crippen LogP) is 3.07. The zero-order chi connectivity index (χ0) is 14.5. The molecule has 0 aliphatic rings. The molecule has 4 heteroatoms. The smallest absolute Gasteiger partial charge is 0.228 e. The van der Waals surface area contributed by atoms with Crippen LogP contribution in [0, 0.1) is 5.82 Å². The maximum absolute atomic E-state index is 12.8. The molecule has 0 aliphatic heterocycles. The van der Waals surface area contributed by atoms with Crippen molar-refractivity contribution in [3.8, 4) is 0 Å². The van der Waals surface area contributed by atoms with E-state index in [2.05, 4.69) is 5.32 Å². The van der Waals surface area contributed by atoms with Gasteiger partial charge in [-0.3, -0.25) is 4.79 Å². The fourth-order valence-corrected chi connectivity index (χ4v) is 1.95. The second-order valence-corrected chi connectivity index (χ2v) is 4.76. The van der Waals surface area contributed by atoms with Crippen molar-refractivity contribution in [3.63, 3.8) is 0 Å². The average Bonchev–Trinajstić information content (AvgIpc) is 2.41. The van der Waals surface area contributed by atoms with E-state index in [1.807, 2.05) is 43.3 Å². The Hall–Kier alpha value is -2.36. The van der Waals surface area contributed by atoms with Crippen molar-refractivity contribution in [1.82, 2.24) is 0 Å². The van der Waals surface area contributed by atoms with E-state index in [1.54, 1.807) is 12.1 Å². The molecule has 0 saturated heterocycles. The molecule has 2 aromatic rings. The molecule has 0 aliphatic carbocycles. The van der Waals surface area contributed by atoms with Crippen LogP contribution in [0.1, 0.15) is 5.56 Å². The van der Waals surface area contributed by atoms with E-state index < -0.39 is 0 Å². The Balaban J connectivity index is 2.07. The Labute approximate surface area is 118 Å². The van der Waals surface area contributed by atoms with Crippen molar-refractivity contribution in [2.45, 2.75) is 6.42 Å². The first kappa shape index (κ1) is 14.1. The lowest BCUT2D eigenvalue weighted by atomic mass is 10.1. The number of amides is 1. The van der Waals surface area contributed by atoms with Gasteiger partial charge >= 0.3 is 0 Å². The van der Waals surface area contributed by atoms with E-state index in [1.165, 1.54) is 12.1 Å². The molecule has 0 fully saturated rings. The number of hydrogen-bond donors (Lipinski definition) is 1. The molecular formula is C16H17FN2O. The van der Waals surface area contributed by atoms with Crippen LogP contribution in [-0.2, 0) is 11.2 Å². The third-order valence-corrected chi connectivity index (χ3v) is 2.94. The highest BCUT2D eigenvalue weighted by Crippen LogP contribution is 2.23. The van der Waals surface area contributed by atoms with Crippen LogP contribution < -0.4 is 10.2 Å². The summed E-state index contributed by atoms with van der Waals surface area (Å²) in [6.07, 6.45) is 0.224. The summed E-state index contributed by atoms with van der Waals surface area (Å²) in [6.45, 7) is 0. The number of nitrogens with zero attached hydrogens (tertiary/aromatic N) is 1. The minimum absolute atomic E-state index is 0.120. The zero-order valence-electron chi connectivity index (χ0n) is 11.6. The summed E-state index contributed by atoms with van der Waals surface area (Å²) >= 11 is 0. The normalized spacial score (nSPS) is 10.2. The number of para-hydroxylation sites is 2. The zero-order valence-corrected chi connectivity index (χ0v) is 11.6. The lowest BCUT2D eigenvalue weighted by Crippen LogP contribution is -2.18. The number of benzene rings is 2. The highest BCUT2D eigenvalue weighted by Gasteiger charge is 2.08. The molecule has 0 atom stereocenters. The Morgan fingerprint density at radius 1 is 1.10 bits per heavy atom. The first-order chi connectivity index (χ1) is 9.56. The van der Waals surface area contributed by atoms with Gasteiger partial charge < -0.3 is 10.2 Å². The standard InChI is InChI=1S/C16H17FN2O/c1-19(2)15-6-4-3-5-14(15)18-16(20)11-12-7-9-13(17)10-8-12/h3-10H,11H2,1-2H3,(H,18,20). The average molecular weight is 272 g/mol. The summed E-state index contributed by atoms with van der Waals surface area (Å²) in [7, 11) is 3.84. The van der Waals surface area contributed by atoms with Gasteiger partial charge in [0.05, 0.1) is 17.8 Å². The quantitative estimate of drug-likeness (QED) is 0.927. The molecular weight excluding hydrogens is 255 g/mol. The molecule has 0 heterocycles. The van der Waals surface area contributed by atoms with E-state index in [9.17, 15) is 9.18 Å². The van der Waals surface area contributed by atoms with Crippen molar-refractivity contribution in [2.24, 2.45) is 0 Å². The van der Waals surface area contributed by atoms with Crippen LogP contribution in [0.3, 0.4) is 0 Å². The second-order valence-electron chi connectivity index (χ2n) is 4.76. The first-order valence-corrected chi connectivity index (χ1v) is 6.37. The van der Waals surface area contributed by atoms with Gasteiger partial charge in [0.25, 0.3) is 0 Å². The number of rotatable bonds is 4. The van der Waals surface area contributed by atoms with Gasteiger partial charge in [-0.25, -0.2) is 4.39 Å². The number of carbonyl (C=O) groups is 1. The molecule has 1 amide bonds. The summed E-state index contributed by atoms with van der Waals surface area (Å²) in [4.78, 5) is 14.0. The van der Waals surface area contributed by atoms with Crippen molar-refractivity contribution in [1.29, 1.82) is 0 Å². The Kier molecular flexibility index (Phi) is 4.35. The molecule has 0 unspecified atom stereocenters. The van der Waals surface area contributed by atoms with Gasteiger partial charge in [-0.05, 0) is 29.8 Å². The summed E-state index contributed by atoms with van der Waals surface area (Å²) in [5.74, 6) is -0.419. The van der Waals surface area contributed by atoms with Crippen LogP contribution in [0.4, 0.5) is 15.8 Å². The molecule has 2 aromatic carbocycles. The van der Waals surface area contributed by atoms with Crippen molar-refractivity contribution < 1.29 is 9.18 Å². The third-order valence-electron chi connectivity index (χ3n) is 2.94. The maximum atomic E-state index is 12.8. The van der Waals surface area contributed by atoms with Crippen LogP contribution in [0.5, 0.6) is 0 Å². The van der Waals surface area contributed by atoms with E-state index in [0.717, 1.165) is 16.9 Å². The van der Waals surface area contributed by atoms with Gasteiger partial charge in [0.15, 0.2) is 0 Å². The number of halogens is 1. The van der Waals surface area contributed by atoms with Gasteiger partial charge in [0.2, 0.25) is 5.91 Å². The largest absolute Gasteiger partial charge is 0.376 e. The van der Waals surface area contributed by atoms with Gasteiger partial charge in [0.1, 0.15) is 5.82 Å². The summed E-state index contributed by atoms with van der Waals surface area (Å²) in [5.41, 5.74) is 2.50. The SMILES string of the molecule is CN(C)c1ccccc1NC(=O)Cc1ccc(F)cc1. The monoisotopic (exact) mass is 272 g/mol. The first-order valence-electron chi connectivity index (χ1n) is 6.37. The molecule has 0 saturated carbocycles. The minimum atomic E-state index is -0.299. The molecule has 104 valence electrons. The molecule has 0 aromatic heterocycles. The van der Waals surface area contributed by atoms with E-state index in [-0.39, 0.29) is 18.1 Å². The van der Waals surface area contributed by atoms with Crippen molar-refractivity contribution in [2.75, 3.05) is 24.3 Å². The fraction of sp³-hybridized carbons (Fsp3) is 0.188. The van der Waals surface area contributed by atoms with E-state index >= 15 is 0 Å². The summed E-state index contributed by atoms with van der Waals surface area (Å²) < 4.78 is 12.8. The van der Waals surface area contributed by atoms with Crippen LogP contribution in [0.25, 0.3) is 0 Å². The van der Waals surface area contributed by atoms with Gasteiger partial charge in [-0.2, -0.15) is 0 Å². The van der Waals surface area contributed by atoms with Crippen LogP contribution >= 0.6 is 0 Å². The van der Waals surface area contributed by atoms with Crippen molar-refractivity contribution in [3.05, 3.63) is 59.9 Å². The number of hydrogen-bond acceptors (Lipinski definition) is 2. The molecule has 0 bridgehead atoms. The topological polar surface area (TPSA) is 32.3 Å². The number of anilines is 2. The minimum Gasteiger partial charge on any atom is -0.376 e. The van der Waals surface area contributed by atoms with E-state index in [4.69, 9.17) is 0 Å². The molecule has 0 spiro atoms. The molecule has 2 rings (SSSR count). The number of nitrogens with one attached hydrogen (secondary N) is 1. The second kappa shape index (κ2) is 6.19. The Morgan fingerprint density at radius 2 is 1.75 bits per heavy atom. The third kappa shape index (κ3) is 3.57. The maximum Gasteiger partial charge on any atom is 0.228 e. The van der Waals surface area contributed by atoms with E-state index in [0.29, 0.717) is 0 Å². The highest BCUT2D eigenvalue weighted by molar-refractivity contribution is 5.95. The molecule has 3 nitrogen and oxygen atoms in total. The van der Waals surface area contributed by atoms with Crippen LogP contribution in [0.15, 0.2) is 48.5 Å². The van der Waals surface area contributed by atoms with Crippen LogP contribution in [-0.4, -0.2) is 20.0 Å². The van der Waals surface area contributed by atoms with Gasteiger partial charge in [0, 0.05) is 14.1 Å². The highest BCUT2D eigenvalue weighted by atomic mass is 19.1. The molecule has 0 radical (unpaired) electrons. The Bertz CT molecular complexity index is 594. The van der Waals surface area contributed by atoms with Gasteiger partial charge in [-0.15, -0.1) is 0 Å². The predicted molar refractivity (Wildman–Crippen MR) is 79.5 cm³/mol. The molecule has 20 heavy (non-hydrogen) atoms. The summed E-state index contributed by atoms with van der Waals surface area (Å²) in [5, 5.41) is 2.88. The van der Waals surface area contributed by atoms with Crippen molar-refractivity contribution >= 4 is 17.3 Å². The Morgan fingerprint density at radius 3 is 2.40 bits per heavy atom. The lowest BCUT2D eigenvalue weighted by molar-refractivity contribution is -0.115. The number of carbonyl (C=O) groups excluding carboxylic acids is 1. The van der Waals surface area contributed by atoms with Crippen LogP contribution in [0.2, 0.25) is 0 Å². The fourth-order valence-electron chi connectivity index (χ4n) is 1.95. The lowest BCUT2D eigenvalue weighted by Gasteiger charge is -2.17. The molecule has 1 N–H and O–H groups in total. The summed E-state index contributed by atoms with van der Waals surface area (Å²) in [6, 6.07) is 13.5.